The second-order valence-electron chi connectivity index (χ2n) is 5.95. The summed E-state index contributed by atoms with van der Waals surface area (Å²) in [7, 11) is 2.09. The van der Waals surface area contributed by atoms with Crippen LogP contribution in [0.4, 0.5) is 0 Å². The Bertz CT molecular complexity index is 423. The van der Waals surface area contributed by atoms with E-state index in [1.54, 1.807) is 11.1 Å². The molecule has 3 rings (SSSR count). The molecule has 0 bridgehead atoms. The number of thioether (sulfide) groups is 1. The molecule has 0 saturated heterocycles. The highest BCUT2D eigenvalue weighted by Gasteiger charge is 2.36. The lowest BCUT2D eigenvalue weighted by Gasteiger charge is -2.42. The van der Waals surface area contributed by atoms with E-state index in [0.717, 1.165) is 0 Å². The Balaban J connectivity index is 1.76. The highest BCUT2D eigenvalue weighted by atomic mass is 32.2. The van der Waals surface area contributed by atoms with Gasteiger partial charge in [-0.2, -0.15) is 0 Å². The van der Waals surface area contributed by atoms with E-state index in [1.165, 1.54) is 55.7 Å². The van der Waals surface area contributed by atoms with Gasteiger partial charge in [-0.05, 0) is 67.5 Å². The second kappa shape index (κ2) is 5.26. The van der Waals surface area contributed by atoms with Crippen molar-refractivity contribution in [3.8, 4) is 0 Å². The average Bonchev–Trinajstić information content (AvgIpc) is 2.36. The fourth-order valence-electron chi connectivity index (χ4n) is 3.42. The predicted molar refractivity (Wildman–Crippen MR) is 79.4 cm³/mol. The molecule has 0 amide bonds. The summed E-state index contributed by atoms with van der Waals surface area (Å²) in [4.78, 5) is 1.53. The molecule has 1 aromatic carbocycles. The minimum atomic E-state index is 0.560. The zero-order chi connectivity index (χ0) is 12.4. The molecular formula is C16H23NS. The average molecular weight is 261 g/mol. The van der Waals surface area contributed by atoms with Crippen LogP contribution in [-0.4, -0.2) is 19.3 Å². The van der Waals surface area contributed by atoms with Gasteiger partial charge in [0.2, 0.25) is 0 Å². The van der Waals surface area contributed by atoms with Gasteiger partial charge in [-0.15, -0.1) is 11.8 Å². The Labute approximate surface area is 115 Å². The number of hydrogen-bond acceptors (Lipinski definition) is 2. The summed E-state index contributed by atoms with van der Waals surface area (Å²) in [6.07, 6.45) is 8.13. The Hall–Kier alpha value is -0.470. The largest absolute Gasteiger partial charge is 0.319 e. The first-order chi connectivity index (χ1) is 8.81. The van der Waals surface area contributed by atoms with Crippen LogP contribution in [0.1, 0.15) is 36.8 Å². The fourth-order valence-corrected chi connectivity index (χ4v) is 4.44. The zero-order valence-electron chi connectivity index (χ0n) is 11.3. The van der Waals surface area contributed by atoms with Crippen molar-refractivity contribution in [1.82, 2.24) is 5.32 Å². The van der Waals surface area contributed by atoms with Gasteiger partial charge in [0.05, 0.1) is 0 Å². The molecule has 1 nitrogen and oxygen atoms in total. The number of hydrogen-bond donors (Lipinski definition) is 1. The molecule has 0 spiro atoms. The van der Waals surface area contributed by atoms with Gasteiger partial charge in [0, 0.05) is 11.4 Å². The molecule has 2 aliphatic rings. The van der Waals surface area contributed by atoms with Gasteiger partial charge in [0.25, 0.3) is 0 Å². The van der Waals surface area contributed by atoms with Crippen LogP contribution in [0, 0.1) is 5.41 Å². The minimum Gasteiger partial charge on any atom is -0.319 e. The molecule has 18 heavy (non-hydrogen) atoms. The SMILES string of the molecule is CNCC1(Cc2ccc3c(c2)CCCS3)CCC1. The van der Waals surface area contributed by atoms with E-state index in [4.69, 9.17) is 0 Å². The number of aryl methyl sites for hydroxylation is 1. The molecule has 0 unspecified atom stereocenters. The van der Waals surface area contributed by atoms with Crippen LogP contribution < -0.4 is 5.32 Å². The number of nitrogens with one attached hydrogen (secondary N) is 1. The third kappa shape index (κ3) is 2.46. The van der Waals surface area contributed by atoms with Crippen molar-refractivity contribution in [3.05, 3.63) is 29.3 Å². The van der Waals surface area contributed by atoms with Gasteiger partial charge in [-0.25, -0.2) is 0 Å². The van der Waals surface area contributed by atoms with Crippen LogP contribution in [0.15, 0.2) is 23.1 Å². The Morgan fingerprint density at radius 2 is 2.17 bits per heavy atom. The monoisotopic (exact) mass is 261 g/mol. The molecule has 0 radical (unpaired) electrons. The number of rotatable bonds is 4. The molecule has 1 fully saturated rings. The van der Waals surface area contributed by atoms with Crippen molar-refractivity contribution >= 4 is 11.8 Å². The van der Waals surface area contributed by atoms with Gasteiger partial charge in [0.1, 0.15) is 0 Å². The molecule has 1 N–H and O–H groups in total. The molecule has 1 saturated carbocycles. The topological polar surface area (TPSA) is 12.0 Å². The van der Waals surface area contributed by atoms with E-state index < -0.39 is 0 Å². The molecule has 0 aromatic heterocycles. The van der Waals surface area contributed by atoms with E-state index >= 15 is 0 Å². The van der Waals surface area contributed by atoms with Crippen LogP contribution in [0.5, 0.6) is 0 Å². The van der Waals surface area contributed by atoms with E-state index in [1.807, 2.05) is 11.8 Å². The fraction of sp³-hybridized carbons (Fsp3) is 0.625. The number of fused-ring (bicyclic) bond motifs is 1. The van der Waals surface area contributed by atoms with Crippen molar-refractivity contribution in [2.45, 2.75) is 43.4 Å². The lowest BCUT2D eigenvalue weighted by atomic mass is 9.65. The van der Waals surface area contributed by atoms with E-state index in [0.29, 0.717) is 5.41 Å². The van der Waals surface area contributed by atoms with E-state index in [-0.39, 0.29) is 0 Å². The van der Waals surface area contributed by atoms with Crippen LogP contribution >= 0.6 is 11.8 Å². The lowest BCUT2D eigenvalue weighted by molar-refractivity contribution is 0.133. The molecule has 1 aliphatic heterocycles. The molecule has 98 valence electrons. The third-order valence-corrected chi connectivity index (χ3v) is 5.72. The summed E-state index contributed by atoms with van der Waals surface area (Å²) in [6, 6.07) is 7.21. The highest BCUT2D eigenvalue weighted by Crippen LogP contribution is 2.43. The molecule has 1 aliphatic carbocycles. The summed E-state index contributed by atoms with van der Waals surface area (Å²) in [5.74, 6) is 1.30. The van der Waals surface area contributed by atoms with Gasteiger partial charge in [-0.1, -0.05) is 18.6 Å². The maximum Gasteiger partial charge on any atom is 0.0104 e. The maximum absolute atomic E-state index is 3.39. The van der Waals surface area contributed by atoms with Crippen molar-refractivity contribution in [3.63, 3.8) is 0 Å². The molecule has 2 heteroatoms. The first kappa shape index (κ1) is 12.6. The first-order valence-corrected chi connectivity index (χ1v) is 8.19. The zero-order valence-corrected chi connectivity index (χ0v) is 12.1. The van der Waals surface area contributed by atoms with Crippen LogP contribution in [0.3, 0.4) is 0 Å². The first-order valence-electron chi connectivity index (χ1n) is 7.21. The van der Waals surface area contributed by atoms with Crippen molar-refractivity contribution in [2.24, 2.45) is 5.41 Å². The molecule has 1 heterocycles. The normalized spacial score (nSPS) is 21.2. The van der Waals surface area contributed by atoms with Crippen molar-refractivity contribution in [2.75, 3.05) is 19.3 Å². The minimum absolute atomic E-state index is 0.560. The predicted octanol–water partition coefficient (Wildman–Crippen LogP) is 3.66. The lowest BCUT2D eigenvalue weighted by Crippen LogP contribution is -2.40. The maximum atomic E-state index is 3.39. The highest BCUT2D eigenvalue weighted by molar-refractivity contribution is 7.99. The molecular weight excluding hydrogens is 238 g/mol. The summed E-state index contributed by atoms with van der Waals surface area (Å²) in [6.45, 7) is 1.18. The summed E-state index contributed by atoms with van der Waals surface area (Å²) >= 11 is 2.03. The smallest absolute Gasteiger partial charge is 0.0104 e. The van der Waals surface area contributed by atoms with Crippen molar-refractivity contribution in [1.29, 1.82) is 0 Å². The van der Waals surface area contributed by atoms with Gasteiger partial charge in [-0.3, -0.25) is 0 Å². The van der Waals surface area contributed by atoms with E-state index in [9.17, 15) is 0 Å². The standard InChI is InChI=1S/C16H23NS/c1-17-12-16(7-3-8-16)11-13-5-6-15-14(10-13)4-2-9-18-15/h5-6,10,17H,2-4,7-9,11-12H2,1H3. The number of benzene rings is 1. The van der Waals surface area contributed by atoms with Crippen LogP contribution in [0.2, 0.25) is 0 Å². The third-order valence-electron chi connectivity index (χ3n) is 4.52. The van der Waals surface area contributed by atoms with Crippen molar-refractivity contribution < 1.29 is 0 Å². The summed E-state index contributed by atoms with van der Waals surface area (Å²) in [5.41, 5.74) is 3.72. The molecule has 1 aromatic rings. The van der Waals surface area contributed by atoms with Crippen LogP contribution in [-0.2, 0) is 12.8 Å². The second-order valence-corrected chi connectivity index (χ2v) is 7.09. The Kier molecular flexibility index (Phi) is 3.67. The van der Waals surface area contributed by atoms with Gasteiger partial charge in [0.15, 0.2) is 0 Å². The summed E-state index contributed by atoms with van der Waals surface area (Å²) < 4.78 is 0. The van der Waals surface area contributed by atoms with Gasteiger partial charge >= 0.3 is 0 Å². The Morgan fingerprint density at radius 1 is 1.28 bits per heavy atom. The molecule has 0 atom stereocenters. The Morgan fingerprint density at radius 3 is 2.89 bits per heavy atom. The summed E-state index contributed by atoms with van der Waals surface area (Å²) in [5, 5.41) is 3.39. The quantitative estimate of drug-likeness (QED) is 0.888. The van der Waals surface area contributed by atoms with E-state index in [2.05, 4.69) is 30.6 Å². The van der Waals surface area contributed by atoms with Gasteiger partial charge < -0.3 is 5.32 Å². The van der Waals surface area contributed by atoms with Crippen LogP contribution in [0.25, 0.3) is 0 Å².